The van der Waals surface area contributed by atoms with Crippen LogP contribution in [0.25, 0.3) is 0 Å². The molecule has 0 bridgehead atoms. The minimum absolute atomic E-state index is 0.120. The predicted molar refractivity (Wildman–Crippen MR) is 107 cm³/mol. The summed E-state index contributed by atoms with van der Waals surface area (Å²) >= 11 is 0. The normalized spacial score (nSPS) is 19.6. The van der Waals surface area contributed by atoms with Crippen molar-refractivity contribution in [1.82, 2.24) is 29.4 Å². The summed E-state index contributed by atoms with van der Waals surface area (Å²) in [6, 6.07) is 3.92. The molecule has 2 saturated heterocycles. The Morgan fingerprint density at radius 2 is 1.52 bits per heavy atom. The first-order valence-electron chi connectivity index (χ1n) is 9.73. The van der Waals surface area contributed by atoms with Gasteiger partial charge in [-0.05, 0) is 12.1 Å². The standard InChI is InChI=1S/C17H26N8O3S/c26-12-11-22-3-5-23(6-4-22)15-1-2-16(21-20-15)24-7-9-25(10-8-24)29(27,28)17-13-18-14-19-17/h1-2,13-14,26H,3-12H2,(H,18,19). The van der Waals surface area contributed by atoms with Crippen molar-refractivity contribution in [2.45, 2.75) is 5.03 Å². The average Bonchev–Trinajstić information content (AvgIpc) is 3.31. The quantitative estimate of drug-likeness (QED) is 0.593. The van der Waals surface area contributed by atoms with Gasteiger partial charge in [0, 0.05) is 58.9 Å². The van der Waals surface area contributed by atoms with Crippen molar-refractivity contribution in [3.05, 3.63) is 24.7 Å². The first-order valence-corrected chi connectivity index (χ1v) is 11.2. The van der Waals surface area contributed by atoms with Crippen LogP contribution in [0.4, 0.5) is 11.6 Å². The lowest BCUT2D eigenvalue weighted by Gasteiger charge is -2.35. The summed E-state index contributed by atoms with van der Waals surface area (Å²) in [7, 11) is -3.53. The van der Waals surface area contributed by atoms with E-state index in [0.29, 0.717) is 32.7 Å². The lowest BCUT2D eigenvalue weighted by atomic mass is 10.3. The second-order valence-corrected chi connectivity index (χ2v) is 9.02. The Morgan fingerprint density at radius 3 is 2.00 bits per heavy atom. The van der Waals surface area contributed by atoms with Gasteiger partial charge in [-0.3, -0.25) is 4.90 Å². The van der Waals surface area contributed by atoms with Gasteiger partial charge in [-0.25, -0.2) is 13.4 Å². The molecule has 2 fully saturated rings. The Labute approximate surface area is 170 Å². The highest BCUT2D eigenvalue weighted by atomic mass is 32.2. The van der Waals surface area contributed by atoms with Crippen molar-refractivity contribution in [3.63, 3.8) is 0 Å². The number of anilines is 2. The van der Waals surface area contributed by atoms with Gasteiger partial charge in [0.05, 0.1) is 19.1 Å². The number of H-pyrrole nitrogens is 1. The number of β-amino-alcohol motifs (C(OH)–C–C–N with tert-alkyl or cyclic N) is 1. The molecular formula is C17H26N8O3S. The molecule has 2 aliphatic rings. The zero-order valence-electron chi connectivity index (χ0n) is 16.2. The lowest BCUT2D eigenvalue weighted by Crippen LogP contribution is -2.49. The molecule has 0 atom stereocenters. The minimum atomic E-state index is -3.53. The number of nitrogens with zero attached hydrogens (tertiary/aromatic N) is 7. The van der Waals surface area contributed by atoms with Crippen LogP contribution in [0, 0.1) is 0 Å². The molecule has 0 spiro atoms. The molecule has 0 amide bonds. The number of sulfonamides is 1. The minimum Gasteiger partial charge on any atom is -0.395 e. The molecule has 0 unspecified atom stereocenters. The number of imidazole rings is 1. The molecule has 4 rings (SSSR count). The van der Waals surface area contributed by atoms with Crippen LogP contribution >= 0.6 is 0 Å². The van der Waals surface area contributed by atoms with Gasteiger partial charge in [0.15, 0.2) is 16.7 Å². The number of piperazine rings is 2. The Kier molecular flexibility index (Phi) is 5.94. The largest absolute Gasteiger partial charge is 0.395 e. The van der Waals surface area contributed by atoms with Gasteiger partial charge in [0.25, 0.3) is 10.0 Å². The number of aliphatic hydroxyl groups excluding tert-OH is 1. The number of nitrogens with one attached hydrogen (secondary N) is 1. The second kappa shape index (κ2) is 8.61. The molecule has 2 aliphatic heterocycles. The number of aliphatic hydroxyl groups is 1. The van der Waals surface area contributed by atoms with E-state index in [4.69, 9.17) is 5.11 Å². The average molecular weight is 423 g/mol. The van der Waals surface area contributed by atoms with E-state index in [2.05, 4.69) is 34.9 Å². The third-order valence-electron chi connectivity index (χ3n) is 5.40. The van der Waals surface area contributed by atoms with Gasteiger partial charge < -0.3 is 19.9 Å². The molecule has 0 aromatic carbocycles. The molecule has 2 aromatic rings. The highest BCUT2D eigenvalue weighted by Crippen LogP contribution is 2.20. The molecule has 0 radical (unpaired) electrons. The third kappa shape index (κ3) is 4.34. The van der Waals surface area contributed by atoms with Crippen molar-refractivity contribution in [2.75, 3.05) is 75.3 Å². The fourth-order valence-corrected chi connectivity index (χ4v) is 5.00. The summed E-state index contributed by atoms with van der Waals surface area (Å²) in [5, 5.41) is 17.9. The van der Waals surface area contributed by atoms with Crippen molar-refractivity contribution in [1.29, 1.82) is 0 Å². The van der Waals surface area contributed by atoms with Gasteiger partial charge in [0.2, 0.25) is 0 Å². The predicted octanol–water partition coefficient (Wildman–Crippen LogP) is -1.18. The summed E-state index contributed by atoms with van der Waals surface area (Å²) in [6.45, 7) is 6.30. The van der Waals surface area contributed by atoms with Gasteiger partial charge in [-0.15, -0.1) is 10.2 Å². The van der Waals surface area contributed by atoms with Crippen LogP contribution in [0.5, 0.6) is 0 Å². The fraction of sp³-hybridized carbons (Fsp3) is 0.588. The van der Waals surface area contributed by atoms with Crippen LogP contribution in [-0.2, 0) is 10.0 Å². The topological polar surface area (TPSA) is 122 Å². The van der Waals surface area contributed by atoms with Crippen LogP contribution in [0.2, 0.25) is 0 Å². The van der Waals surface area contributed by atoms with Gasteiger partial charge in [-0.1, -0.05) is 0 Å². The van der Waals surface area contributed by atoms with Crippen molar-refractivity contribution in [2.24, 2.45) is 0 Å². The molecule has 4 heterocycles. The van der Waals surface area contributed by atoms with Gasteiger partial charge in [0.1, 0.15) is 0 Å². The molecule has 12 heteroatoms. The van der Waals surface area contributed by atoms with Crippen molar-refractivity contribution < 1.29 is 13.5 Å². The summed E-state index contributed by atoms with van der Waals surface area (Å²) < 4.78 is 26.6. The molecule has 2 N–H and O–H groups in total. The van der Waals surface area contributed by atoms with Crippen molar-refractivity contribution in [3.8, 4) is 0 Å². The second-order valence-electron chi connectivity index (χ2n) is 7.11. The number of hydrogen-bond acceptors (Lipinski definition) is 9. The van der Waals surface area contributed by atoms with Gasteiger partial charge >= 0.3 is 0 Å². The van der Waals surface area contributed by atoms with Crippen LogP contribution in [0.3, 0.4) is 0 Å². The molecule has 0 saturated carbocycles. The Bertz CT molecular complexity index is 874. The summed E-state index contributed by atoms with van der Waals surface area (Å²) in [5.74, 6) is 1.60. The summed E-state index contributed by atoms with van der Waals surface area (Å²) in [4.78, 5) is 12.9. The maximum Gasteiger partial charge on any atom is 0.260 e. The number of aromatic nitrogens is 4. The number of aromatic amines is 1. The highest BCUT2D eigenvalue weighted by Gasteiger charge is 2.30. The van der Waals surface area contributed by atoms with Gasteiger partial charge in [-0.2, -0.15) is 4.31 Å². The van der Waals surface area contributed by atoms with E-state index in [0.717, 1.165) is 37.8 Å². The molecule has 158 valence electrons. The molecule has 11 nitrogen and oxygen atoms in total. The third-order valence-corrected chi connectivity index (χ3v) is 7.23. The monoisotopic (exact) mass is 422 g/mol. The van der Waals surface area contributed by atoms with Crippen molar-refractivity contribution >= 4 is 21.7 Å². The molecule has 29 heavy (non-hydrogen) atoms. The van der Waals surface area contributed by atoms with E-state index in [1.807, 2.05) is 12.1 Å². The first-order chi connectivity index (χ1) is 14.1. The van der Waals surface area contributed by atoms with Crippen LogP contribution in [-0.4, -0.2) is 108 Å². The zero-order valence-corrected chi connectivity index (χ0v) is 17.0. The Morgan fingerprint density at radius 1 is 0.931 bits per heavy atom. The van der Waals surface area contributed by atoms with E-state index in [1.54, 1.807) is 0 Å². The van der Waals surface area contributed by atoms with Crippen LogP contribution < -0.4 is 9.80 Å². The fourth-order valence-electron chi connectivity index (χ4n) is 3.68. The number of rotatable bonds is 6. The zero-order chi connectivity index (χ0) is 20.3. The highest BCUT2D eigenvalue weighted by molar-refractivity contribution is 7.89. The van der Waals surface area contributed by atoms with Crippen LogP contribution in [0.15, 0.2) is 29.7 Å². The molecular weight excluding hydrogens is 396 g/mol. The summed E-state index contributed by atoms with van der Waals surface area (Å²) in [5.41, 5.74) is 0. The number of hydrogen-bond donors (Lipinski definition) is 2. The van der Waals surface area contributed by atoms with Crippen LogP contribution in [0.1, 0.15) is 0 Å². The summed E-state index contributed by atoms with van der Waals surface area (Å²) in [6.07, 6.45) is 2.70. The molecule has 2 aromatic heterocycles. The smallest absolute Gasteiger partial charge is 0.260 e. The maximum atomic E-state index is 12.6. The van der Waals surface area contributed by atoms with E-state index in [-0.39, 0.29) is 11.6 Å². The van der Waals surface area contributed by atoms with E-state index in [9.17, 15) is 8.42 Å². The molecule has 0 aliphatic carbocycles. The van der Waals surface area contributed by atoms with E-state index < -0.39 is 10.0 Å². The Hall–Kier alpha value is -2.28. The van der Waals surface area contributed by atoms with E-state index in [1.165, 1.54) is 16.8 Å². The first kappa shape index (κ1) is 20.0. The maximum absolute atomic E-state index is 12.6. The van der Waals surface area contributed by atoms with E-state index >= 15 is 0 Å². The Balaban J connectivity index is 1.33. The lowest BCUT2D eigenvalue weighted by molar-refractivity contribution is 0.188. The SMILES string of the molecule is O=S(=O)(c1cnc[nH]1)N1CCN(c2ccc(N3CCN(CCO)CC3)nn2)CC1.